The molecule has 0 fully saturated rings. The van der Waals surface area contributed by atoms with E-state index in [0.29, 0.717) is 5.69 Å². The van der Waals surface area contributed by atoms with Crippen LogP contribution in [0.3, 0.4) is 0 Å². The average molecular weight is 172 g/mol. The fourth-order valence-corrected chi connectivity index (χ4v) is 1.16. The molecule has 4 nitrogen and oxygen atoms in total. The number of aryl methyl sites for hydroxylation is 1. The molecule has 0 spiro atoms. The normalized spacial score (nSPS) is 12.9. The molecule has 5 heteroatoms. The Bertz CT molecular complexity index is 260. The second-order valence-electron chi connectivity index (χ2n) is 2.22. The summed E-state index contributed by atoms with van der Waals surface area (Å²) in [6, 6.07) is 0. The molecule has 1 aromatic rings. The van der Waals surface area contributed by atoms with Crippen molar-refractivity contribution in [2.75, 3.05) is 0 Å². The standard InChI is InChI=1S/C6H9N2O2P/c1-5-2-8-6(3-7-5)4-11(9)10/h2-3,11H,4H2,1H3,(H,9,10). The van der Waals surface area contributed by atoms with E-state index in [0.717, 1.165) is 5.69 Å². The molecule has 1 aromatic heterocycles. The van der Waals surface area contributed by atoms with E-state index >= 15 is 0 Å². The highest BCUT2D eigenvalue weighted by atomic mass is 31.1. The average Bonchev–Trinajstić information content (AvgIpc) is 1.93. The van der Waals surface area contributed by atoms with Crippen LogP contribution in [0.2, 0.25) is 0 Å². The predicted octanol–water partition coefficient (Wildman–Crippen LogP) is 0.752. The van der Waals surface area contributed by atoms with Gasteiger partial charge < -0.3 is 4.89 Å². The van der Waals surface area contributed by atoms with Gasteiger partial charge in [-0.3, -0.25) is 14.5 Å². The van der Waals surface area contributed by atoms with Crippen LogP contribution in [0.5, 0.6) is 0 Å². The highest BCUT2D eigenvalue weighted by Crippen LogP contribution is 2.18. The van der Waals surface area contributed by atoms with Crippen molar-refractivity contribution in [1.82, 2.24) is 9.97 Å². The molecule has 1 unspecified atom stereocenters. The van der Waals surface area contributed by atoms with Crippen LogP contribution in [0, 0.1) is 6.92 Å². The van der Waals surface area contributed by atoms with Gasteiger partial charge in [0.25, 0.3) is 0 Å². The zero-order valence-corrected chi connectivity index (χ0v) is 7.11. The largest absolute Gasteiger partial charge is 0.346 e. The Morgan fingerprint density at radius 2 is 2.27 bits per heavy atom. The molecule has 11 heavy (non-hydrogen) atoms. The lowest BCUT2D eigenvalue weighted by atomic mass is 10.4. The van der Waals surface area contributed by atoms with Crippen LogP contribution in [0.25, 0.3) is 0 Å². The van der Waals surface area contributed by atoms with Crippen molar-refractivity contribution < 1.29 is 9.46 Å². The zero-order valence-electron chi connectivity index (χ0n) is 6.11. The molecule has 1 heterocycles. The highest BCUT2D eigenvalue weighted by Gasteiger charge is 1.97. The summed E-state index contributed by atoms with van der Waals surface area (Å²) >= 11 is 0. The van der Waals surface area contributed by atoms with E-state index in [2.05, 4.69) is 9.97 Å². The van der Waals surface area contributed by atoms with Crippen LogP contribution in [0.15, 0.2) is 12.4 Å². The minimum atomic E-state index is -2.45. The van der Waals surface area contributed by atoms with Gasteiger partial charge in [-0.2, -0.15) is 0 Å². The summed E-state index contributed by atoms with van der Waals surface area (Å²) in [6.45, 7) is 1.82. The van der Waals surface area contributed by atoms with E-state index in [1.54, 1.807) is 6.20 Å². The molecule has 0 aromatic carbocycles. The summed E-state index contributed by atoms with van der Waals surface area (Å²) in [5, 5.41) is 0. The Hall–Kier alpha value is -0.730. The fourth-order valence-electron chi connectivity index (χ4n) is 0.666. The molecule has 60 valence electrons. The van der Waals surface area contributed by atoms with E-state index in [-0.39, 0.29) is 6.16 Å². The van der Waals surface area contributed by atoms with Gasteiger partial charge in [0.2, 0.25) is 0 Å². The van der Waals surface area contributed by atoms with Gasteiger partial charge in [-0.1, -0.05) is 0 Å². The molecule has 1 atom stereocenters. The first-order valence-electron chi connectivity index (χ1n) is 3.18. The van der Waals surface area contributed by atoms with Crippen LogP contribution in [-0.4, -0.2) is 14.9 Å². The summed E-state index contributed by atoms with van der Waals surface area (Å²) in [5.41, 5.74) is 1.38. The number of hydrogen-bond donors (Lipinski definition) is 1. The summed E-state index contributed by atoms with van der Waals surface area (Å²) in [6.07, 6.45) is 3.23. The molecule has 0 saturated carbocycles. The molecular weight excluding hydrogens is 163 g/mol. The van der Waals surface area contributed by atoms with Crippen molar-refractivity contribution in [3.05, 3.63) is 23.8 Å². The lowest BCUT2D eigenvalue weighted by Crippen LogP contribution is -1.89. The molecule has 0 radical (unpaired) electrons. The Morgan fingerprint density at radius 3 is 2.73 bits per heavy atom. The smallest absolute Gasteiger partial charge is 0.194 e. The van der Waals surface area contributed by atoms with Crippen molar-refractivity contribution in [2.24, 2.45) is 0 Å². The van der Waals surface area contributed by atoms with Gasteiger partial charge in [-0.25, -0.2) is 0 Å². The maximum atomic E-state index is 10.4. The van der Waals surface area contributed by atoms with Gasteiger partial charge in [0.05, 0.1) is 17.5 Å². The molecule has 0 aliphatic carbocycles. The number of aromatic nitrogens is 2. The van der Waals surface area contributed by atoms with Crippen LogP contribution < -0.4 is 0 Å². The predicted molar refractivity (Wildman–Crippen MR) is 41.7 cm³/mol. The molecule has 0 amide bonds. The second-order valence-corrected chi connectivity index (χ2v) is 3.36. The van der Waals surface area contributed by atoms with Crippen molar-refractivity contribution in [3.63, 3.8) is 0 Å². The lowest BCUT2D eigenvalue weighted by Gasteiger charge is -1.95. The van der Waals surface area contributed by atoms with Crippen molar-refractivity contribution in [3.8, 4) is 0 Å². The first kappa shape index (κ1) is 8.37. The highest BCUT2D eigenvalue weighted by molar-refractivity contribution is 7.37. The second kappa shape index (κ2) is 3.60. The van der Waals surface area contributed by atoms with Gasteiger partial charge in [-0.15, -0.1) is 0 Å². The van der Waals surface area contributed by atoms with Crippen LogP contribution in [0.4, 0.5) is 0 Å². The Balaban J connectivity index is 2.74. The van der Waals surface area contributed by atoms with Crippen LogP contribution in [-0.2, 0) is 10.7 Å². The molecule has 1 rings (SSSR count). The third-order valence-electron chi connectivity index (χ3n) is 1.17. The van der Waals surface area contributed by atoms with E-state index in [1.807, 2.05) is 6.92 Å². The fraction of sp³-hybridized carbons (Fsp3) is 0.333. The summed E-state index contributed by atoms with van der Waals surface area (Å²) in [5.74, 6) is 0. The number of hydrogen-bond acceptors (Lipinski definition) is 3. The summed E-state index contributed by atoms with van der Waals surface area (Å²) in [7, 11) is -2.45. The molecule has 0 saturated heterocycles. The Labute approximate surface area is 65.2 Å². The van der Waals surface area contributed by atoms with Gasteiger partial charge >= 0.3 is 0 Å². The van der Waals surface area contributed by atoms with Crippen LogP contribution >= 0.6 is 8.03 Å². The van der Waals surface area contributed by atoms with Crippen molar-refractivity contribution in [1.29, 1.82) is 0 Å². The topological polar surface area (TPSA) is 63.1 Å². The molecular formula is C6H9N2O2P. The SMILES string of the molecule is Cc1cnc(C[PH](=O)O)cn1. The van der Waals surface area contributed by atoms with E-state index in [1.165, 1.54) is 6.20 Å². The molecule has 0 aliphatic heterocycles. The summed E-state index contributed by atoms with van der Waals surface area (Å²) < 4.78 is 10.4. The van der Waals surface area contributed by atoms with Gasteiger partial charge in [0.1, 0.15) is 0 Å². The monoisotopic (exact) mass is 172 g/mol. The number of rotatable bonds is 2. The summed E-state index contributed by atoms with van der Waals surface area (Å²) in [4.78, 5) is 16.4. The van der Waals surface area contributed by atoms with Crippen molar-refractivity contribution >= 4 is 8.03 Å². The van der Waals surface area contributed by atoms with Gasteiger partial charge in [0.15, 0.2) is 8.03 Å². The third kappa shape index (κ3) is 2.78. The van der Waals surface area contributed by atoms with Gasteiger partial charge in [-0.05, 0) is 6.92 Å². The molecule has 0 bridgehead atoms. The maximum absolute atomic E-state index is 10.4. The minimum Gasteiger partial charge on any atom is -0.346 e. The minimum absolute atomic E-state index is 0.123. The first-order valence-corrected chi connectivity index (χ1v) is 4.74. The third-order valence-corrected chi connectivity index (χ3v) is 1.83. The Morgan fingerprint density at radius 1 is 1.55 bits per heavy atom. The van der Waals surface area contributed by atoms with E-state index in [4.69, 9.17) is 4.89 Å². The van der Waals surface area contributed by atoms with Gasteiger partial charge in [0, 0.05) is 12.4 Å². The van der Waals surface area contributed by atoms with Crippen molar-refractivity contribution in [2.45, 2.75) is 13.1 Å². The molecule has 0 aliphatic rings. The zero-order chi connectivity index (χ0) is 8.27. The first-order chi connectivity index (χ1) is 5.18. The van der Waals surface area contributed by atoms with E-state index < -0.39 is 8.03 Å². The lowest BCUT2D eigenvalue weighted by molar-refractivity contribution is 0.501. The van der Waals surface area contributed by atoms with E-state index in [9.17, 15) is 4.57 Å². The molecule has 1 N–H and O–H groups in total. The van der Waals surface area contributed by atoms with Crippen LogP contribution in [0.1, 0.15) is 11.4 Å². The number of nitrogens with zero attached hydrogens (tertiary/aromatic N) is 2. The quantitative estimate of drug-likeness (QED) is 0.668. The Kier molecular flexibility index (Phi) is 2.74. The maximum Gasteiger partial charge on any atom is 0.194 e.